The van der Waals surface area contributed by atoms with Crippen LogP contribution in [0.3, 0.4) is 0 Å². The van der Waals surface area contributed by atoms with Crippen molar-refractivity contribution in [2.24, 2.45) is 0 Å². The van der Waals surface area contributed by atoms with E-state index < -0.39 is 0 Å². The van der Waals surface area contributed by atoms with E-state index in [-0.39, 0.29) is 0 Å². The van der Waals surface area contributed by atoms with Gasteiger partial charge in [0.15, 0.2) is 0 Å². The maximum Gasteiger partial charge on any atom is 0.149 e. The van der Waals surface area contributed by atoms with Crippen molar-refractivity contribution in [2.45, 2.75) is 18.9 Å². The topological polar surface area (TPSA) is 44.3 Å². The number of anilines is 2. The van der Waals surface area contributed by atoms with Crippen LogP contribution in [0.25, 0.3) is 0 Å². The standard InChI is InChI=1S/C12H21N5/c1-13-11-8-14-9-12(15-11)17-6-4-10(5-7-17)16(2)3/h8-10H,4-7H2,1-3H3,(H,13,15). The number of hydrogen-bond acceptors (Lipinski definition) is 5. The van der Waals surface area contributed by atoms with Crippen LogP contribution >= 0.6 is 0 Å². The summed E-state index contributed by atoms with van der Waals surface area (Å²) in [4.78, 5) is 13.4. The van der Waals surface area contributed by atoms with E-state index in [1.807, 2.05) is 13.2 Å². The second-order valence-corrected chi connectivity index (χ2v) is 4.69. The molecule has 5 nitrogen and oxygen atoms in total. The van der Waals surface area contributed by atoms with Crippen LogP contribution in [0.2, 0.25) is 0 Å². The smallest absolute Gasteiger partial charge is 0.149 e. The minimum absolute atomic E-state index is 0.701. The molecular formula is C12H21N5. The number of piperidine rings is 1. The first-order chi connectivity index (χ1) is 8.20. The molecule has 2 rings (SSSR count). The molecule has 0 spiro atoms. The molecule has 1 aromatic rings. The Labute approximate surface area is 103 Å². The average molecular weight is 235 g/mol. The van der Waals surface area contributed by atoms with Gasteiger partial charge in [-0.1, -0.05) is 0 Å². The highest BCUT2D eigenvalue weighted by atomic mass is 15.2. The third-order valence-corrected chi connectivity index (χ3v) is 3.40. The van der Waals surface area contributed by atoms with E-state index in [2.05, 4.69) is 39.2 Å². The van der Waals surface area contributed by atoms with Crippen molar-refractivity contribution < 1.29 is 0 Å². The molecule has 0 bridgehead atoms. The van der Waals surface area contributed by atoms with Gasteiger partial charge in [-0.25, -0.2) is 4.98 Å². The summed E-state index contributed by atoms with van der Waals surface area (Å²) in [7, 11) is 6.18. The highest BCUT2D eigenvalue weighted by Crippen LogP contribution is 2.20. The third kappa shape index (κ3) is 2.85. The fourth-order valence-electron chi connectivity index (χ4n) is 2.24. The Kier molecular flexibility index (Phi) is 3.78. The fourth-order valence-corrected chi connectivity index (χ4v) is 2.24. The van der Waals surface area contributed by atoms with E-state index in [1.54, 1.807) is 6.20 Å². The molecule has 0 unspecified atom stereocenters. The predicted molar refractivity (Wildman–Crippen MR) is 70.5 cm³/mol. The summed E-state index contributed by atoms with van der Waals surface area (Å²) in [5, 5.41) is 3.02. The molecule has 0 saturated carbocycles. The predicted octanol–water partition coefficient (Wildman–Crippen LogP) is 1.05. The number of aromatic nitrogens is 2. The molecule has 0 amide bonds. The van der Waals surface area contributed by atoms with Crippen LogP contribution in [0.5, 0.6) is 0 Å². The molecule has 17 heavy (non-hydrogen) atoms. The maximum atomic E-state index is 4.52. The lowest BCUT2D eigenvalue weighted by Crippen LogP contribution is -2.42. The van der Waals surface area contributed by atoms with E-state index in [4.69, 9.17) is 0 Å². The van der Waals surface area contributed by atoms with Crippen LogP contribution in [0, 0.1) is 0 Å². The highest BCUT2D eigenvalue weighted by molar-refractivity contribution is 5.43. The molecule has 2 heterocycles. The molecule has 1 aliphatic heterocycles. The van der Waals surface area contributed by atoms with Crippen LogP contribution in [0.4, 0.5) is 11.6 Å². The fraction of sp³-hybridized carbons (Fsp3) is 0.667. The van der Waals surface area contributed by atoms with Gasteiger partial charge in [0.2, 0.25) is 0 Å². The Bertz CT molecular complexity index is 358. The summed E-state index contributed by atoms with van der Waals surface area (Å²) in [6.45, 7) is 2.12. The van der Waals surface area contributed by atoms with Crippen molar-refractivity contribution in [3.63, 3.8) is 0 Å². The van der Waals surface area contributed by atoms with E-state index in [0.29, 0.717) is 6.04 Å². The van der Waals surface area contributed by atoms with E-state index in [0.717, 1.165) is 24.7 Å². The molecule has 1 fully saturated rings. The SMILES string of the molecule is CNc1cncc(N2CCC(N(C)C)CC2)n1. The Morgan fingerprint density at radius 1 is 1.29 bits per heavy atom. The Balaban J connectivity index is 2.00. The van der Waals surface area contributed by atoms with Crippen molar-refractivity contribution in [2.75, 3.05) is 44.4 Å². The Hall–Kier alpha value is -1.36. The lowest BCUT2D eigenvalue weighted by Gasteiger charge is -2.35. The second-order valence-electron chi connectivity index (χ2n) is 4.69. The van der Waals surface area contributed by atoms with Gasteiger partial charge in [0.05, 0.1) is 12.4 Å². The summed E-state index contributed by atoms with van der Waals surface area (Å²) >= 11 is 0. The largest absolute Gasteiger partial charge is 0.372 e. The first-order valence-corrected chi connectivity index (χ1v) is 6.12. The first-order valence-electron chi connectivity index (χ1n) is 6.12. The van der Waals surface area contributed by atoms with Gasteiger partial charge in [-0.15, -0.1) is 0 Å². The molecule has 0 aromatic carbocycles. The summed E-state index contributed by atoms with van der Waals surface area (Å²) in [5.74, 6) is 1.81. The lowest BCUT2D eigenvalue weighted by molar-refractivity contribution is 0.249. The van der Waals surface area contributed by atoms with Gasteiger partial charge >= 0.3 is 0 Å². The van der Waals surface area contributed by atoms with Crippen LogP contribution in [-0.4, -0.2) is 55.1 Å². The first kappa shape index (κ1) is 12.1. The molecule has 1 aliphatic rings. The van der Waals surface area contributed by atoms with Gasteiger partial charge in [0.1, 0.15) is 11.6 Å². The summed E-state index contributed by atoms with van der Waals surface area (Å²) in [6, 6.07) is 0.701. The minimum Gasteiger partial charge on any atom is -0.372 e. The van der Waals surface area contributed by atoms with Crippen LogP contribution < -0.4 is 10.2 Å². The Morgan fingerprint density at radius 3 is 2.59 bits per heavy atom. The maximum absolute atomic E-state index is 4.52. The Morgan fingerprint density at radius 2 is 2.00 bits per heavy atom. The van der Waals surface area contributed by atoms with Crippen LogP contribution in [0.15, 0.2) is 12.4 Å². The number of nitrogens with zero attached hydrogens (tertiary/aromatic N) is 4. The molecular weight excluding hydrogens is 214 g/mol. The summed E-state index contributed by atoms with van der Waals surface area (Å²) < 4.78 is 0. The van der Waals surface area contributed by atoms with Gasteiger partial charge in [0.25, 0.3) is 0 Å². The van der Waals surface area contributed by atoms with Crippen molar-refractivity contribution in [3.8, 4) is 0 Å². The zero-order valence-corrected chi connectivity index (χ0v) is 10.8. The van der Waals surface area contributed by atoms with Crippen LogP contribution in [-0.2, 0) is 0 Å². The van der Waals surface area contributed by atoms with Crippen molar-refractivity contribution in [1.82, 2.24) is 14.9 Å². The molecule has 1 aromatic heterocycles. The van der Waals surface area contributed by atoms with E-state index >= 15 is 0 Å². The normalized spacial score (nSPS) is 17.5. The molecule has 0 aliphatic carbocycles. The van der Waals surface area contributed by atoms with Gasteiger partial charge < -0.3 is 15.1 Å². The van der Waals surface area contributed by atoms with Gasteiger partial charge in [-0.2, -0.15) is 0 Å². The number of nitrogens with one attached hydrogen (secondary N) is 1. The zero-order valence-electron chi connectivity index (χ0n) is 10.8. The lowest BCUT2D eigenvalue weighted by atomic mass is 10.0. The van der Waals surface area contributed by atoms with Crippen molar-refractivity contribution in [1.29, 1.82) is 0 Å². The molecule has 0 radical (unpaired) electrons. The zero-order chi connectivity index (χ0) is 12.3. The summed E-state index contributed by atoms with van der Waals surface area (Å²) in [6.07, 6.45) is 5.98. The second kappa shape index (κ2) is 5.31. The third-order valence-electron chi connectivity index (χ3n) is 3.40. The molecule has 94 valence electrons. The van der Waals surface area contributed by atoms with Crippen molar-refractivity contribution in [3.05, 3.63) is 12.4 Å². The van der Waals surface area contributed by atoms with Crippen molar-refractivity contribution >= 4 is 11.6 Å². The summed E-state index contributed by atoms with van der Waals surface area (Å²) in [5.41, 5.74) is 0. The molecule has 1 saturated heterocycles. The monoisotopic (exact) mass is 235 g/mol. The minimum atomic E-state index is 0.701. The molecule has 5 heteroatoms. The quantitative estimate of drug-likeness (QED) is 0.848. The van der Waals surface area contributed by atoms with Gasteiger partial charge in [-0.3, -0.25) is 4.98 Å². The highest BCUT2D eigenvalue weighted by Gasteiger charge is 2.21. The average Bonchev–Trinajstić information content (AvgIpc) is 2.39. The number of hydrogen-bond donors (Lipinski definition) is 1. The van der Waals surface area contributed by atoms with Gasteiger partial charge in [-0.05, 0) is 26.9 Å². The van der Waals surface area contributed by atoms with E-state index in [9.17, 15) is 0 Å². The molecule has 1 N–H and O–H groups in total. The van der Waals surface area contributed by atoms with Crippen LogP contribution in [0.1, 0.15) is 12.8 Å². The van der Waals surface area contributed by atoms with Gasteiger partial charge in [0, 0.05) is 26.2 Å². The molecule has 0 atom stereocenters. The number of rotatable bonds is 3. The van der Waals surface area contributed by atoms with E-state index in [1.165, 1.54) is 12.8 Å².